The summed E-state index contributed by atoms with van der Waals surface area (Å²) < 4.78 is 0. The molecule has 6 rings (SSSR count). The van der Waals surface area contributed by atoms with Crippen molar-refractivity contribution in [2.45, 2.75) is 266 Å². The van der Waals surface area contributed by atoms with Crippen molar-refractivity contribution >= 4 is 35.3 Å². The van der Waals surface area contributed by atoms with E-state index in [9.17, 15) is 30.6 Å². The van der Waals surface area contributed by atoms with Gasteiger partial charge in [-0.2, -0.15) is 0 Å². The molecule has 0 spiro atoms. The first kappa shape index (κ1) is 68.7. The van der Waals surface area contributed by atoms with Crippen LogP contribution >= 0.6 is 35.3 Å². The Labute approximate surface area is 503 Å². The third kappa shape index (κ3) is 21.4. The molecule has 0 aliphatic carbocycles. The van der Waals surface area contributed by atoms with Gasteiger partial charge in [-0.25, -0.2) is 0 Å². The van der Waals surface area contributed by atoms with Crippen LogP contribution in [-0.2, 0) is 34.5 Å². The molecule has 444 valence electrons. The SMILES string of the molecule is CCCCCCCCc1ccc(O)c(Sc2cc(CCCCCCCC)ccc2O)c1.Cc1cc(O)c(C(C)(C)C)cc1Sc1cc(C(C)(C)C)c(O)cc1C.Cc1cc(Sc2cc(C)c(O)c(C(C)(C)C)c2)cc(C(C)(C)C)c1O. The quantitative estimate of drug-likeness (QED) is 0.0415. The first-order chi connectivity index (χ1) is 37.7. The summed E-state index contributed by atoms with van der Waals surface area (Å²) in [5.41, 5.74) is 9.77. The highest BCUT2D eigenvalue weighted by molar-refractivity contribution is 8.00. The lowest BCUT2D eigenvalue weighted by atomic mass is 9.85. The molecular weight excluding hydrogens is 1060 g/mol. The van der Waals surface area contributed by atoms with Crippen molar-refractivity contribution in [3.05, 3.63) is 141 Å². The first-order valence-electron chi connectivity index (χ1n) is 29.8. The number of rotatable bonds is 20. The topological polar surface area (TPSA) is 121 Å². The molecule has 6 N–H and O–H groups in total. The third-order valence-electron chi connectivity index (χ3n) is 14.7. The van der Waals surface area contributed by atoms with E-state index in [-0.39, 0.29) is 33.2 Å². The van der Waals surface area contributed by atoms with E-state index in [1.807, 2.05) is 64.1 Å². The van der Waals surface area contributed by atoms with E-state index in [0.717, 1.165) is 86.7 Å². The van der Waals surface area contributed by atoms with Gasteiger partial charge >= 0.3 is 0 Å². The Morgan fingerprint density at radius 1 is 0.309 bits per heavy atom. The number of phenols is 6. The smallest absolute Gasteiger partial charge is 0.129 e. The predicted octanol–water partition coefficient (Wildman–Crippen LogP) is 22.0. The van der Waals surface area contributed by atoms with Crippen LogP contribution in [0.2, 0.25) is 0 Å². The van der Waals surface area contributed by atoms with Crippen LogP contribution in [-0.4, -0.2) is 30.6 Å². The molecule has 0 heterocycles. The average Bonchev–Trinajstić information content (AvgIpc) is 3.37. The van der Waals surface area contributed by atoms with Crippen LogP contribution in [0.3, 0.4) is 0 Å². The fraction of sp³-hybridized carbons (Fsp3) is 0.500. The predicted molar refractivity (Wildman–Crippen MR) is 349 cm³/mol. The molecule has 0 unspecified atom stereocenters. The van der Waals surface area contributed by atoms with Crippen molar-refractivity contribution in [1.82, 2.24) is 0 Å². The van der Waals surface area contributed by atoms with Gasteiger partial charge in [-0.15, -0.1) is 0 Å². The molecule has 0 saturated carbocycles. The first-order valence-corrected chi connectivity index (χ1v) is 32.2. The molecular formula is C72H102O6S3. The third-order valence-corrected chi connectivity index (χ3v) is 18.1. The van der Waals surface area contributed by atoms with Gasteiger partial charge in [-0.05, 0) is 181 Å². The Morgan fingerprint density at radius 3 is 0.963 bits per heavy atom. The van der Waals surface area contributed by atoms with Crippen molar-refractivity contribution < 1.29 is 30.6 Å². The number of phenolic OH excluding ortho intramolecular Hbond substituents is 6. The van der Waals surface area contributed by atoms with Crippen LogP contribution in [0.4, 0.5) is 0 Å². The van der Waals surface area contributed by atoms with Crippen LogP contribution in [0.1, 0.15) is 230 Å². The molecule has 9 heteroatoms. The fourth-order valence-corrected chi connectivity index (χ4v) is 12.8. The number of aromatic hydroxyl groups is 6. The van der Waals surface area contributed by atoms with E-state index < -0.39 is 0 Å². The van der Waals surface area contributed by atoms with Crippen LogP contribution < -0.4 is 0 Å². The Balaban J connectivity index is 0.000000264. The van der Waals surface area contributed by atoms with Gasteiger partial charge in [0.25, 0.3) is 0 Å². The van der Waals surface area contributed by atoms with Crippen molar-refractivity contribution in [2.75, 3.05) is 0 Å². The number of aryl methyl sites for hydroxylation is 6. The second-order valence-electron chi connectivity index (χ2n) is 26.5. The van der Waals surface area contributed by atoms with Crippen LogP contribution in [0.5, 0.6) is 34.5 Å². The number of unbranched alkanes of at least 4 members (excludes halogenated alkanes) is 10. The van der Waals surface area contributed by atoms with Crippen LogP contribution in [0, 0.1) is 27.7 Å². The molecule has 81 heavy (non-hydrogen) atoms. The molecule has 0 radical (unpaired) electrons. The van der Waals surface area contributed by atoms with Crippen molar-refractivity contribution in [1.29, 1.82) is 0 Å². The van der Waals surface area contributed by atoms with Gasteiger partial charge in [0.15, 0.2) is 0 Å². The lowest BCUT2D eigenvalue weighted by molar-refractivity contribution is 0.441. The molecule has 0 aromatic heterocycles. The number of hydrogen-bond donors (Lipinski definition) is 6. The summed E-state index contributed by atoms with van der Waals surface area (Å²) in [6.45, 7) is 37.7. The average molecular weight is 1160 g/mol. The molecule has 0 aliphatic heterocycles. The van der Waals surface area contributed by atoms with Gasteiger partial charge in [0.2, 0.25) is 0 Å². The van der Waals surface area contributed by atoms with Crippen molar-refractivity contribution in [3.8, 4) is 34.5 Å². The Kier molecular flexibility index (Phi) is 26.0. The Morgan fingerprint density at radius 2 is 0.630 bits per heavy atom. The van der Waals surface area contributed by atoms with Crippen molar-refractivity contribution in [3.63, 3.8) is 0 Å². The lowest BCUT2D eigenvalue weighted by Gasteiger charge is -2.24. The standard InChI is InChI=1S/C28H42O2S.2C22H30O2S/c1-3-5-7-9-11-13-15-23-17-19-25(29)27(21-23)31-28-22-24(18-20-26(28)30)16-14-12-10-8-6-4-2;1-13-9-17(23)15(21(3,4)5)11-19(13)25-20-12-16(22(6,7)8)18(24)10-14(20)2;1-13-9-15(11-17(19(13)23)21(3,4)5)25-16-10-14(2)20(24)18(12-16)22(6,7)8/h17-22,29-30H,3-16H2,1-2H3;2*9-12,23-24H,1-8H3. The molecule has 0 bridgehead atoms. The van der Waals surface area contributed by atoms with E-state index in [1.54, 1.807) is 35.7 Å². The molecule has 0 aliphatic rings. The summed E-state index contributed by atoms with van der Waals surface area (Å²) in [5.74, 6) is 2.05. The zero-order valence-corrected chi connectivity index (χ0v) is 55.3. The molecule has 6 nitrogen and oxygen atoms in total. The maximum absolute atomic E-state index is 10.4. The van der Waals surface area contributed by atoms with Crippen LogP contribution in [0.25, 0.3) is 0 Å². The monoisotopic (exact) mass is 1160 g/mol. The van der Waals surface area contributed by atoms with Gasteiger partial charge < -0.3 is 30.6 Å². The largest absolute Gasteiger partial charge is 0.508 e. The summed E-state index contributed by atoms with van der Waals surface area (Å²) in [4.78, 5) is 6.13. The van der Waals surface area contributed by atoms with E-state index in [0.29, 0.717) is 23.0 Å². The summed E-state index contributed by atoms with van der Waals surface area (Å²) in [7, 11) is 0. The highest BCUT2D eigenvalue weighted by Gasteiger charge is 2.25. The highest BCUT2D eigenvalue weighted by Crippen LogP contribution is 2.45. The maximum Gasteiger partial charge on any atom is 0.129 e. The van der Waals surface area contributed by atoms with E-state index in [2.05, 4.69) is 133 Å². The normalized spacial score (nSPS) is 12.0. The van der Waals surface area contributed by atoms with Gasteiger partial charge in [0.1, 0.15) is 34.5 Å². The maximum atomic E-state index is 10.4. The summed E-state index contributed by atoms with van der Waals surface area (Å²) in [6.07, 6.45) is 17.5. The molecule has 0 fully saturated rings. The van der Waals surface area contributed by atoms with Crippen molar-refractivity contribution in [2.24, 2.45) is 0 Å². The minimum absolute atomic E-state index is 0.117. The molecule has 0 amide bonds. The van der Waals surface area contributed by atoms with Gasteiger partial charge in [0.05, 0.1) is 9.79 Å². The number of hydrogen-bond acceptors (Lipinski definition) is 9. The molecule has 6 aromatic rings. The molecule has 6 aromatic carbocycles. The lowest BCUT2D eigenvalue weighted by Crippen LogP contribution is -2.12. The molecule has 0 atom stereocenters. The van der Waals surface area contributed by atoms with Gasteiger partial charge in [-0.3, -0.25) is 0 Å². The van der Waals surface area contributed by atoms with Gasteiger partial charge in [-0.1, -0.05) is 209 Å². The minimum atomic E-state index is -0.118. The van der Waals surface area contributed by atoms with Gasteiger partial charge in [0, 0.05) is 41.8 Å². The van der Waals surface area contributed by atoms with E-state index in [4.69, 9.17) is 0 Å². The van der Waals surface area contributed by atoms with E-state index >= 15 is 0 Å². The zero-order chi connectivity index (χ0) is 60.6. The second kappa shape index (κ2) is 30.6. The zero-order valence-electron chi connectivity index (χ0n) is 52.9. The summed E-state index contributed by atoms with van der Waals surface area (Å²) in [6, 6.07) is 27.9. The number of benzene rings is 6. The molecule has 0 saturated heterocycles. The fourth-order valence-electron chi connectivity index (χ4n) is 9.70. The minimum Gasteiger partial charge on any atom is -0.508 e. The summed E-state index contributed by atoms with van der Waals surface area (Å²) >= 11 is 4.84. The van der Waals surface area contributed by atoms with E-state index in [1.165, 1.54) is 99.9 Å². The Bertz CT molecular complexity index is 2780. The van der Waals surface area contributed by atoms with Crippen LogP contribution in [0.15, 0.2) is 114 Å². The summed E-state index contributed by atoms with van der Waals surface area (Å²) in [5, 5.41) is 62.2. The second-order valence-corrected chi connectivity index (χ2v) is 29.8. The highest BCUT2D eigenvalue weighted by atomic mass is 32.2. The Hall–Kier alpha value is -4.83.